The monoisotopic (exact) mass is 359 g/mol. The number of anilines is 1. The first-order chi connectivity index (χ1) is 12.5. The Bertz CT molecular complexity index is 774. The number of carbonyl (C=O) groups is 2. The largest absolute Gasteiger partial charge is 0.497 e. The average Bonchev–Trinajstić information content (AvgIpc) is 2.65. The van der Waals surface area contributed by atoms with Crippen LogP contribution in [0.4, 0.5) is 5.69 Å². The predicted molar refractivity (Wildman–Crippen MR) is 96.3 cm³/mol. The number of benzene rings is 2. The van der Waals surface area contributed by atoms with E-state index in [9.17, 15) is 14.7 Å². The van der Waals surface area contributed by atoms with E-state index < -0.39 is 11.9 Å². The van der Waals surface area contributed by atoms with Gasteiger partial charge >= 0.3 is 5.97 Å². The van der Waals surface area contributed by atoms with E-state index in [0.29, 0.717) is 30.3 Å². The lowest BCUT2D eigenvalue weighted by atomic mass is 10.1. The third-order valence-electron chi connectivity index (χ3n) is 3.56. The second-order valence-electron chi connectivity index (χ2n) is 5.39. The summed E-state index contributed by atoms with van der Waals surface area (Å²) in [5, 5.41) is 11.9. The Hall–Kier alpha value is -3.06. The molecule has 0 aromatic heterocycles. The molecule has 26 heavy (non-hydrogen) atoms. The highest BCUT2D eigenvalue weighted by atomic mass is 16.5. The van der Waals surface area contributed by atoms with Gasteiger partial charge in [-0.25, -0.2) is 4.79 Å². The average molecular weight is 359 g/mol. The molecule has 2 rings (SSSR count). The van der Waals surface area contributed by atoms with E-state index in [0.717, 1.165) is 6.42 Å². The van der Waals surface area contributed by atoms with Crippen molar-refractivity contribution < 1.29 is 28.9 Å². The fourth-order valence-corrected chi connectivity index (χ4v) is 2.25. The smallest absolute Gasteiger partial charge is 0.337 e. The van der Waals surface area contributed by atoms with Crippen LogP contribution in [0.15, 0.2) is 42.5 Å². The first-order valence-corrected chi connectivity index (χ1v) is 7.99. The highest BCUT2D eigenvalue weighted by Crippen LogP contribution is 2.23. The molecule has 0 spiro atoms. The minimum absolute atomic E-state index is 0.0512. The lowest BCUT2D eigenvalue weighted by molar-refractivity contribution is 0.0697. The number of rotatable bonds is 9. The summed E-state index contributed by atoms with van der Waals surface area (Å²) in [6, 6.07) is 11.1. The van der Waals surface area contributed by atoms with Gasteiger partial charge in [-0.2, -0.15) is 0 Å². The lowest BCUT2D eigenvalue weighted by Gasteiger charge is -2.11. The highest BCUT2D eigenvalue weighted by Gasteiger charge is 2.15. The zero-order valence-electron chi connectivity index (χ0n) is 14.7. The van der Waals surface area contributed by atoms with Crippen LogP contribution >= 0.6 is 0 Å². The molecule has 0 aliphatic carbocycles. The van der Waals surface area contributed by atoms with Gasteiger partial charge in [0.1, 0.15) is 11.5 Å². The van der Waals surface area contributed by atoms with Gasteiger partial charge < -0.3 is 24.6 Å². The summed E-state index contributed by atoms with van der Waals surface area (Å²) in [5.41, 5.74) is 0.501. The van der Waals surface area contributed by atoms with E-state index in [-0.39, 0.29) is 11.3 Å². The number of aromatic carboxylic acids is 1. The zero-order chi connectivity index (χ0) is 18.9. The minimum atomic E-state index is -1.16. The first kappa shape index (κ1) is 19.3. The first-order valence-electron chi connectivity index (χ1n) is 7.99. The number of ether oxygens (including phenoxy) is 3. The highest BCUT2D eigenvalue weighted by molar-refractivity contribution is 6.08. The summed E-state index contributed by atoms with van der Waals surface area (Å²) in [4.78, 5) is 23.9. The summed E-state index contributed by atoms with van der Waals surface area (Å²) in [6.45, 7) is 1.07. The summed E-state index contributed by atoms with van der Waals surface area (Å²) < 4.78 is 15.5. The van der Waals surface area contributed by atoms with Gasteiger partial charge in [-0.05, 0) is 36.4 Å². The van der Waals surface area contributed by atoms with Gasteiger partial charge in [0.05, 0.1) is 25.0 Å². The van der Waals surface area contributed by atoms with Crippen molar-refractivity contribution in [1.82, 2.24) is 0 Å². The topological polar surface area (TPSA) is 94.1 Å². The number of carboxylic acid groups (broad SMARTS) is 1. The van der Waals surface area contributed by atoms with Crippen LogP contribution in [0.25, 0.3) is 0 Å². The number of nitrogens with one attached hydrogen (secondary N) is 1. The second-order valence-corrected chi connectivity index (χ2v) is 5.39. The number of hydrogen-bond donors (Lipinski definition) is 2. The molecule has 7 heteroatoms. The molecule has 0 radical (unpaired) electrons. The van der Waals surface area contributed by atoms with Crippen molar-refractivity contribution in [2.45, 2.75) is 6.42 Å². The molecule has 138 valence electrons. The molecule has 1 amide bonds. The fourth-order valence-electron chi connectivity index (χ4n) is 2.25. The van der Waals surface area contributed by atoms with Crippen molar-refractivity contribution in [3.05, 3.63) is 53.6 Å². The van der Waals surface area contributed by atoms with E-state index in [1.54, 1.807) is 37.4 Å². The molecule has 0 fully saturated rings. The standard InChI is InChI=1S/C19H21NO6/c1-24-9-4-10-26-15-6-3-5-13(11-15)18(21)20-17-8-7-14(25-2)12-16(17)19(22)23/h3,5-8,11-12H,4,9-10H2,1-2H3,(H,20,21)(H,22,23). The lowest BCUT2D eigenvalue weighted by Crippen LogP contribution is -2.15. The van der Waals surface area contributed by atoms with E-state index in [1.165, 1.54) is 19.2 Å². The number of methoxy groups -OCH3 is 2. The second kappa shape index (κ2) is 9.43. The summed E-state index contributed by atoms with van der Waals surface area (Å²) >= 11 is 0. The van der Waals surface area contributed by atoms with Gasteiger partial charge in [-0.15, -0.1) is 0 Å². The summed E-state index contributed by atoms with van der Waals surface area (Å²) in [7, 11) is 3.06. The van der Waals surface area contributed by atoms with Crippen molar-refractivity contribution in [1.29, 1.82) is 0 Å². The molecule has 2 aromatic rings. The minimum Gasteiger partial charge on any atom is -0.497 e. The number of carbonyl (C=O) groups excluding carboxylic acids is 1. The third-order valence-corrected chi connectivity index (χ3v) is 3.56. The molecule has 2 N–H and O–H groups in total. The maximum Gasteiger partial charge on any atom is 0.337 e. The van der Waals surface area contributed by atoms with Crippen LogP contribution in [0.5, 0.6) is 11.5 Å². The van der Waals surface area contributed by atoms with Crippen molar-refractivity contribution >= 4 is 17.6 Å². The summed E-state index contributed by atoms with van der Waals surface area (Å²) in [6.07, 6.45) is 0.737. The maximum absolute atomic E-state index is 12.5. The molecule has 0 saturated carbocycles. The Morgan fingerprint density at radius 1 is 1.04 bits per heavy atom. The van der Waals surface area contributed by atoms with Gasteiger partial charge in [-0.1, -0.05) is 6.07 Å². The number of carboxylic acids is 1. The molecule has 7 nitrogen and oxygen atoms in total. The van der Waals surface area contributed by atoms with E-state index in [2.05, 4.69) is 5.32 Å². The van der Waals surface area contributed by atoms with Gasteiger partial charge in [0, 0.05) is 25.7 Å². The summed E-state index contributed by atoms with van der Waals surface area (Å²) in [5.74, 6) is -0.636. The van der Waals surface area contributed by atoms with Crippen LogP contribution in [-0.4, -0.2) is 44.4 Å². The van der Waals surface area contributed by atoms with Crippen molar-refractivity contribution in [2.75, 3.05) is 32.8 Å². The molecule has 0 unspecified atom stereocenters. The van der Waals surface area contributed by atoms with E-state index in [4.69, 9.17) is 14.2 Å². The molecular weight excluding hydrogens is 338 g/mol. The van der Waals surface area contributed by atoms with Crippen LogP contribution in [0.1, 0.15) is 27.1 Å². The number of amides is 1. The van der Waals surface area contributed by atoms with Crippen molar-refractivity contribution in [3.63, 3.8) is 0 Å². The van der Waals surface area contributed by atoms with Gasteiger partial charge in [0.15, 0.2) is 0 Å². The van der Waals surface area contributed by atoms with Gasteiger partial charge in [0.2, 0.25) is 0 Å². The van der Waals surface area contributed by atoms with Gasteiger partial charge in [0.25, 0.3) is 5.91 Å². The van der Waals surface area contributed by atoms with Crippen LogP contribution in [0.3, 0.4) is 0 Å². The van der Waals surface area contributed by atoms with E-state index in [1.807, 2.05) is 0 Å². The van der Waals surface area contributed by atoms with Crippen molar-refractivity contribution in [2.24, 2.45) is 0 Å². The van der Waals surface area contributed by atoms with Crippen LogP contribution in [-0.2, 0) is 4.74 Å². The Morgan fingerprint density at radius 2 is 1.85 bits per heavy atom. The Balaban J connectivity index is 2.11. The third kappa shape index (κ3) is 5.22. The van der Waals surface area contributed by atoms with E-state index >= 15 is 0 Å². The van der Waals surface area contributed by atoms with Crippen LogP contribution in [0, 0.1) is 0 Å². The fraction of sp³-hybridized carbons (Fsp3) is 0.263. The maximum atomic E-state index is 12.5. The Kier molecular flexibility index (Phi) is 6.99. The van der Waals surface area contributed by atoms with Crippen LogP contribution < -0.4 is 14.8 Å². The molecule has 0 aliphatic heterocycles. The van der Waals surface area contributed by atoms with Crippen molar-refractivity contribution in [3.8, 4) is 11.5 Å². The van der Waals surface area contributed by atoms with Crippen LogP contribution in [0.2, 0.25) is 0 Å². The quantitative estimate of drug-likeness (QED) is 0.668. The molecule has 0 bridgehead atoms. The van der Waals surface area contributed by atoms with Gasteiger partial charge in [-0.3, -0.25) is 4.79 Å². The Labute approximate surface area is 151 Å². The Morgan fingerprint density at radius 3 is 2.54 bits per heavy atom. The molecule has 0 saturated heterocycles. The molecule has 0 heterocycles. The molecule has 2 aromatic carbocycles. The molecule has 0 atom stereocenters. The zero-order valence-corrected chi connectivity index (χ0v) is 14.7. The predicted octanol–water partition coefficient (Wildman–Crippen LogP) is 3.06. The number of hydrogen-bond acceptors (Lipinski definition) is 5. The molecular formula is C19H21NO6. The normalized spacial score (nSPS) is 10.2. The molecule has 0 aliphatic rings. The SMILES string of the molecule is COCCCOc1cccc(C(=O)Nc2ccc(OC)cc2C(=O)O)c1.